The summed E-state index contributed by atoms with van der Waals surface area (Å²) in [7, 11) is 0. The quantitative estimate of drug-likeness (QED) is 0.615. The first-order valence-electron chi connectivity index (χ1n) is 4.34. The van der Waals surface area contributed by atoms with Crippen LogP contribution in [-0.2, 0) is 0 Å². The van der Waals surface area contributed by atoms with E-state index in [2.05, 4.69) is 11.5 Å². The highest BCUT2D eigenvalue weighted by Crippen LogP contribution is 2.09. The van der Waals surface area contributed by atoms with Gasteiger partial charge in [-0.1, -0.05) is 6.08 Å². The SMILES string of the molecule is C=CCCN1CCCC(O)C1. The first-order chi connectivity index (χ1) is 5.33. The maximum atomic E-state index is 9.31. The van der Waals surface area contributed by atoms with Crippen molar-refractivity contribution in [1.29, 1.82) is 0 Å². The van der Waals surface area contributed by atoms with Gasteiger partial charge in [0.1, 0.15) is 0 Å². The lowest BCUT2D eigenvalue weighted by atomic mass is 10.1. The molecule has 0 spiro atoms. The van der Waals surface area contributed by atoms with Gasteiger partial charge in [-0.3, -0.25) is 0 Å². The molecule has 0 aromatic rings. The van der Waals surface area contributed by atoms with Crippen LogP contribution in [0, 0.1) is 0 Å². The minimum atomic E-state index is -0.0893. The van der Waals surface area contributed by atoms with E-state index < -0.39 is 0 Å². The Morgan fingerprint density at radius 2 is 2.45 bits per heavy atom. The molecule has 1 saturated heterocycles. The number of likely N-dealkylation sites (tertiary alicyclic amines) is 1. The lowest BCUT2D eigenvalue weighted by Crippen LogP contribution is -2.38. The van der Waals surface area contributed by atoms with E-state index >= 15 is 0 Å². The summed E-state index contributed by atoms with van der Waals surface area (Å²) >= 11 is 0. The summed E-state index contributed by atoms with van der Waals surface area (Å²) in [6, 6.07) is 0. The second kappa shape index (κ2) is 4.52. The predicted octanol–water partition coefficient (Wildman–Crippen LogP) is 1.02. The van der Waals surface area contributed by atoms with Crippen LogP contribution in [-0.4, -0.2) is 35.7 Å². The number of piperidine rings is 1. The van der Waals surface area contributed by atoms with Crippen LogP contribution in [0.1, 0.15) is 19.3 Å². The maximum Gasteiger partial charge on any atom is 0.0667 e. The van der Waals surface area contributed by atoms with Gasteiger partial charge in [0.25, 0.3) is 0 Å². The Morgan fingerprint density at radius 1 is 1.64 bits per heavy atom. The van der Waals surface area contributed by atoms with Gasteiger partial charge in [0, 0.05) is 13.1 Å². The first kappa shape index (κ1) is 8.75. The van der Waals surface area contributed by atoms with Crippen LogP contribution >= 0.6 is 0 Å². The highest BCUT2D eigenvalue weighted by molar-refractivity contribution is 4.75. The van der Waals surface area contributed by atoms with Crippen molar-refractivity contribution in [3.8, 4) is 0 Å². The molecule has 0 aliphatic carbocycles. The van der Waals surface area contributed by atoms with Gasteiger partial charge >= 0.3 is 0 Å². The summed E-state index contributed by atoms with van der Waals surface area (Å²) in [5.41, 5.74) is 0. The molecule has 0 amide bonds. The molecule has 1 aliphatic rings. The topological polar surface area (TPSA) is 23.5 Å². The van der Waals surface area contributed by atoms with E-state index in [-0.39, 0.29) is 6.10 Å². The lowest BCUT2D eigenvalue weighted by molar-refractivity contribution is 0.0717. The number of aliphatic hydroxyl groups excluding tert-OH is 1. The zero-order valence-electron chi connectivity index (χ0n) is 7.00. The molecule has 1 N–H and O–H groups in total. The minimum Gasteiger partial charge on any atom is -0.392 e. The highest BCUT2D eigenvalue weighted by Gasteiger charge is 2.15. The van der Waals surface area contributed by atoms with Crippen LogP contribution < -0.4 is 0 Å². The van der Waals surface area contributed by atoms with Crippen molar-refractivity contribution in [3.05, 3.63) is 12.7 Å². The number of β-amino-alcohol motifs (C(OH)–C–C–N with tert-alkyl or cyclic N) is 1. The van der Waals surface area contributed by atoms with Crippen molar-refractivity contribution in [2.75, 3.05) is 19.6 Å². The fraction of sp³-hybridized carbons (Fsp3) is 0.778. The number of nitrogens with zero attached hydrogens (tertiary/aromatic N) is 1. The predicted molar refractivity (Wildman–Crippen MR) is 46.5 cm³/mol. The molecule has 1 aliphatic heterocycles. The summed E-state index contributed by atoms with van der Waals surface area (Å²) in [5.74, 6) is 0. The van der Waals surface area contributed by atoms with Gasteiger partial charge in [-0.2, -0.15) is 0 Å². The fourth-order valence-corrected chi connectivity index (χ4v) is 1.51. The molecule has 11 heavy (non-hydrogen) atoms. The summed E-state index contributed by atoms with van der Waals surface area (Å²) in [6.45, 7) is 6.73. The largest absolute Gasteiger partial charge is 0.392 e. The number of rotatable bonds is 3. The van der Waals surface area contributed by atoms with Crippen LogP contribution in [0.4, 0.5) is 0 Å². The third kappa shape index (κ3) is 3.04. The van der Waals surface area contributed by atoms with E-state index in [1.807, 2.05) is 6.08 Å². The Balaban J connectivity index is 2.17. The lowest BCUT2D eigenvalue weighted by Gasteiger charge is -2.29. The van der Waals surface area contributed by atoms with Gasteiger partial charge in [-0.15, -0.1) is 6.58 Å². The first-order valence-corrected chi connectivity index (χ1v) is 4.34. The molecule has 1 rings (SSSR count). The zero-order chi connectivity index (χ0) is 8.10. The molecule has 1 atom stereocenters. The summed E-state index contributed by atoms with van der Waals surface area (Å²) in [5, 5.41) is 9.31. The van der Waals surface area contributed by atoms with Crippen LogP contribution in [0.15, 0.2) is 12.7 Å². The summed E-state index contributed by atoms with van der Waals surface area (Å²) in [4.78, 5) is 2.30. The fourth-order valence-electron chi connectivity index (χ4n) is 1.51. The minimum absolute atomic E-state index is 0.0893. The van der Waals surface area contributed by atoms with Crippen molar-refractivity contribution in [1.82, 2.24) is 4.90 Å². The molecule has 1 heterocycles. The Morgan fingerprint density at radius 3 is 3.09 bits per heavy atom. The molecule has 0 radical (unpaired) electrons. The van der Waals surface area contributed by atoms with Crippen molar-refractivity contribution in [2.45, 2.75) is 25.4 Å². The van der Waals surface area contributed by atoms with E-state index in [1.165, 1.54) is 0 Å². The monoisotopic (exact) mass is 155 g/mol. The normalized spacial score (nSPS) is 26.8. The number of aliphatic hydroxyl groups is 1. The van der Waals surface area contributed by atoms with E-state index in [9.17, 15) is 5.11 Å². The Labute approximate surface area is 68.5 Å². The number of hydrogen-bond acceptors (Lipinski definition) is 2. The van der Waals surface area contributed by atoms with Crippen molar-refractivity contribution < 1.29 is 5.11 Å². The summed E-state index contributed by atoms with van der Waals surface area (Å²) < 4.78 is 0. The molecule has 0 bridgehead atoms. The highest BCUT2D eigenvalue weighted by atomic mass is 16.3. The third-order valence-electron chi connectivity index (χ3n) is 2.13. The molecule has 1 fully saturated rings. The zero-order valence-corrected chi connectivity index (χ0v) is 7.00. The van der Waals surface area contributed by atoms with Crippen LogP contribution in [0.25, 0.3) is 0 Å². The standard InChI is InChI=1S/C9H17NO/c1-2-3-6-10-7-4-5-9(11)8-10/h2,9,11H,1,3-8H2. The molecule has 2 nitrogen and oxygen atoms in total. The van der Waals surface area contributed by atoms with Crippen molar-refractivity contribution in [2.24, 2.45) is 0 Å². The molecular formula is C9H17NO. The van der Waals surface area contributed by atoms with E-state index in [0.717, 1.165) is 38.9 Å². The average Bonchev–Trinajstić information content (AvgIpc) is 2.01. The molecule has 0 aromatic heterocycles. The van der Waals surface area contributed by atoms with Gasteiger partial charge in [-0.25, -0.2) is 0 Å². The van der Waals surface area contributed by atoms with Gasteiger partial charge in [0.2, 0.25) is 0 Å². The molecule has 1 unspecified atom stereocenters. The van der Waals surface area contributed by atoms with Crippen molar-refractivity contribution in [3.63, 3.8) is 0 Å². The van der Waals surface area contributed by atoms with Crippen LogP contribution in [0.3, 0.4) is 0 Å². The van der Waals surface area contributed by atoms with E-state index in [0.29, 0.717) is 0 Å². The van der Waals surface area contributed by atoms with Gasteiger partial charge in [-0.05, 0) is 25.8 Å². The molecule has 0 aromatic carbocycles. The molecule has 0 saturated carbocycles. The molecular weight excluding hydrogens is 138 g/mol. The second-order valence-corrected chi connectivity index (χ2v) is 3.17. The summed E-state index contributed by atoms with van der Waals surface area (Å²) in [6.07, 6.45) is 4.99. The van der Waals surface area contributed by atoms with E-state index in [4.69, 9.17) is 0 Å². The second-order valence-electron chi connectivity index (χ2n) is 3.17. The van der Waals surface area contributed by atoms with E-state index in [1.54, 1.807) is 0 Å². The Kier molecular flexibility index (Phi) is 3.60. The van der Waals surface area contributed by atoms with Crippen LogP contribution in [0.2, 0.25) is 0 Å². The maximum absolute atomic E-state index is 9.31. The van der Waals surface area contributed by atoms with Crippen molar-refractivity contribution >= 4 is 0 Å². The average molecular weight is 155 g/mol. The van der Waals surface area contributed by atoms with Gasteiger partial charge in [0.15, 0.2) is 0 Å². The Bertz CT molecular complexity index is 125. The smallest absolute Gasteiger partial charge is 0.0667 e. The van der Waals surface area contributed by atoms with Gasteiger partial charge < -0.3 is 10.0 Å². The Hall–Kier alpha value is -0.340. The molecule has 2 heteroatoms. The van der Waals surface area contributed by atoms with Crippen LogP contribution in [0.5, 0.6) is 0 Å². The third-order valence-corrected chi connectivity index (χ3v) is 2.13. The van der Waals surface area contributed by atoms with Gasteiger partial charge in [0.05, 0.1) is 6.10 Å². The number of hydrogen-bond donors (Lipinski definition) is 1. The molecule has 64 valence electrons.